The first-order valence-electron chi connectivity index (χ1n) is 14.3. The van der Waals surface area contributed by atoms with Crippen molar-refractivity contribution < 1.29 is 14.3 Å². The van der Waals surface area contributed by atoms with Gasteiger partial charge in [0, 0.05) is 57.2 Å². The molecule has 7 nitrogen and oxygen atoms in total. The van der Waals surface area contributed by atoms with Gasteiger partial charge in [0.15, 0.2) is 0 Å². The summed E-state index contributed by atoms with van der Waals surface area (Å²) in [5, 5.41) is 14.2. The van der Waals surface area contributed by atoms with Gasteiger partial charge in [-0.2, -0.15) is 5.26 Å². The standard InChI is InChI=1S/C36H25Cl3N4O3/c1-46-36(45)31(16-22-10-12-26(34-24(22)8-5-13-41-34)25-11-9-21(19-40)15-28(25)37)43-35(44)32-29(38)18-30-27(33(32)39)17-23(42-30)14-20-6-3-2-4-7-20/h2-13,15,17-18,31,42H,14,16H2,1H3,(H,43,44)/t31-/m0/s1. The van der Waals surface area contributed by atoms with E-state index < -0.39 is 17.9 Å². The minimum absolute atomic E-state index is 0.0623. The zero-order valence-electron chi connectivity index (χ0n) is 24.4. The molecule has 46 heavy (non-hydrogen) atoms. The van der Waals surface area contributed by atoms with E-state index in [-0.39, 0.29) is 22.0 Å². The van der Waals surface area contributed by atoms with Gasteiger partial charge in [0.1, 0.15) is 6.04 Å². The number of hydrogen-bond donors (Lipinski definition) is 2. The molecule has 10 heteroatoms. The quantitative estimate of drug-likeness (QED) is 0.159. The summed E-state index contributed by atoms with van der Waals surface area (Å²) in [5.74, 6) is -1.24. The van der Waals surface area contributed by atoms with Gasteiger partial charge in [0.25, 0.3) is 5.91 Å². The second-order valence-corrected chi connectivity index (χ2v) is 11.9. The highest BCUT2D eigenvalue weighted by Crippen LogP contribution is 2.36. The molecule has 6 aromatic rings. The third kappa shape index (κ3) is 6.16. The molecule has 2 heterocycles. The fourth-order valence-electron chi connectivity index (χ4n) is 5.60. The van der Waals surface area contributed by atoms with Crippen molar-refractivity contribution in [2.45, 2.75) is 18.9 Å². The number of halogens is 3. The molecular weight excluding hydrogens is 643 g/mol. The number of esters is 1. The molecule has 0 fully saturated rings. The largest absolute Gasteiger partial charge is 0.467 e. The molecule has 2 aromatic heterocycles. The summed E-state index contributed by atoms with van der Waals surface area (Å²) in [6.07, 6.45) is 2.42. The van der Waals surface area contributed by atoms with E-state index in [0.717, 1.165) is 27.8 Å². The lowest BCUT2D eigenvalue weighted by molar-refractivity contribution is -0.142. The molecule has 0 saturated heterocycles. The third-order valence-electron chi connectivity index (χ3n) is 7.80. The molecular formula is C36H25Cl3N4O3. The molecule has 0 aliphatic heterocycles. The molecule has 1 atom stereocenters. The van der Waals surface area contributed by atoms with Gasteiger partial charge >= 0.3 is 5.97 Å². The summed E-state index contributed by atoms with van der Waals surface area (Å²) in [4.78, 5) is 34.6. The molecule has 0 radical (unpaired) electrons. The molecule has 0 aliphatic carbocycles. The molecule has 0 unspecified atom stereocenters. The zero-order valence-corrected chi connectivity index (χ0v) is 26.7. The summed E-state index contributed by atoms with van der Waals surface area (Å²) in [7, 11) is 1.26. The van der Waals surface area contributed by atoms with Gasteiger partial charge in [0.05, 0.1) is 39.9 Å². The molecule has 1 amide bonds. The highest BCUT2D eigenvalue weighted by atomic mass is 35.5. The monoisotopic (exact) mass is 666 g/mol. The number of H-pyrrole nitrogens is 1. The van der Waals surface area contributed by atoms with Crippen LogP contribution in [-0.2, 0) is 22.4 Å². The third-order valence-corrected chi connectivity index (χ3v) is 8.80. The average Bonchev–Trinajstić information content (AvgIpc) is 3.47. The van der Waals surface area contributed by atoms with Crippen molar-refractivity contribution in [1.82, 2.24) is 15.3 Å². The number of amides is 1. The van der Waals surface area contributed by atoms with Crippen molar-refractivity contribution >= 4 is 68.5 Å². The molecule has 0 aliphatic rings. The normalized spacial score (nSPS) is 11.7. The van der Waals surface area contributed by atoms with Crippen LogP contribution >= 0.6 is 34.8 Å². The van der Waals surface area contributed by atoms with Crippen molar-refractivity contribution in [3.63, 3.8) is 0 Å². The Morgan fingerprint density at radius 3 is 2.46 bits per heavy atom. The minimum atomic E-state index is -1.06. The van der Waals surface area contributed by atoms with E-state index in [1.165, 1.54) is 7.11 Å². The van der Waals surface area contributed by atoms with Crippen LogP contribution in [0.4, 0.5) is 0 Å². The maximum atomic E-state index is 13.7. The van der Waals surface area contributed by atoms with Gasteiger partial charge in [0.2, 0.25) is 0 Å². The summed E-state index contributed by atoms with van der Waals surface area (Å²) >= 11 is 19.9. The number of ether oxygens (including phenoxy) is 1. The highest BCUT2D eigenvalue weighted by Gasteiger charge is 2.27. The molecule has 228 valence electrons. The van der Waals surface area contributed by atoms with E-state index in [4.69, 9.17) is 39.5 Å². The van der Waals surface area contributed by atoms with E-state index in [1.54, 1.807) is 36.5 Å². The number of benzene rings is 4. The number of nitrogens with zero attached hydrogens (tertiary/aromatic N) is 2. The van der Waals surface area contributed by atoms with Crippen LogP contribution in [0.3, 0.4) is 0 Å². The summed E-state index contributed by atoms with van der Waals surface area (Å²) in [6.45, 7) is 0. The lowest BCUT2D eigenvalue weighted by Crippen LogP contribution is -2.43. The molecule has 0 spiro atoms. The Morgan fingerprint density at radius 1 is 0.935 bits per heavy atom. The predicted octanol–water partition coefficient (Wildman–Crippen LogP) is 8.32. The highest BCUT2D eigenvalue weighted by molar-refractivity contribution is 6.43. The first-order valence-corrected chi connectivity index (χ1v) is 15.4. The smallest absolute Gasteiger partial charge is 0.328 e. The number of rotatable bonds is 8. The lowest BCUT2D eigenvalue weighted by Gasteiger charge is -2.19. The Kier molecular flexibility index (Phi) is 8.96. The number of nitrogens with one attached hydrogen (secondary N) is 2. The molecule has 2 N–H and O–H groups in total. The number of hydrogen-bond acceptors (Lipinski definition) is 5. The zero-order chi connectivity index (χ0) is 32.4. The second kappa shape index (κ2) is 13.2. The topological polar surface area (TPSA) is 108 Å². The number of nitriles is 1. The SMILES string of the molecule is COC(=O)[C@H](Cc1ccc(-c2ccc(C#N)cc2Cl)c2ncccc12)NC(=O)c1c(Cl)cc2[nH]c(Cc3ccccc3)cc2c1Cl. The van der Waals surface area contributed by atoms with Crippen molar-refractivity contribution in [1.29, 1.82) is 5.26 Å². The van der Waals surface area contributed by atoms with Crippen LogP contribution in [0, 0.1) is 11.3 Å². The molecule has 4 aromatic carbocycles. The lowest BCUT2D eigenvalue weighted by atomic mass is 9.94. The molecule has 0 saturated carbocycles. The van der Waals surface area contributed by atoms with Gasteiger partial charge < -0.3 is 15.0 Å². The Bertz CT molecular complexity index is 2170. The minimum Gasteiger partial charge on any atom is -0.467 e. The fraction of sp³-hybridized carbons (Fsp3) is 0.111. The Hall–Kier alpha value is -4.87. The number of carbonyl (C=O) groups excluding carboxylic acids is 2. The van der Waals surface area contributed by atoms with E-state index in [1.807, 2.05) is 54.6 Å². The van der Waals surface area contributed by atoms with Crippen LogP contribution in [-0.4, -0.2) is 35.0 Å². The number of pyridine rings is 1. The van der Waals surface area contributed by atoms with Crippen LogP contribution in [0.15, 0.2) is 91.1 Å². The van der Waals surface area contributed by atoms with Gasteiger partial charge in [-0.1, -0.05) is 89.4 Å². The van der Waals surface area contributed by atoms with Crippen LogP contribution < -0.4 is 5.32 Å². The number of fused-ring (bicyclic) bond motifs is 2. The van der Waals surface area contributed by atoms with Gasteiger partial charge in [-0.3, -0.25) is 9.78 Å². The first kappa shape index (κ1) is 31.1. The van der Waals surface area contributed by atoms with Crippen LogP contribution in [0.25, 0.3) is 32.9 Å². The number of methoxy groups -OCH3 is 1. The maximum absolute atomic E-state index is 13.7. The van der Waals surface area contributed by atoms with Crippen molar-refractivity contribution in [3.8, 4) is 17.2 Å². The van der Waals surface area contributed by atoms with Crippen LogP contribution in [0.2, 0.25) is 15.1 Å². The van der Waals surface area contributed by atoms with E-state index >= 15 is 0 Å². The Balaban J connectivity index is 1.31. The van der Waals surface area contributed by atoms with Crippen molar-refractivity contribution in [3.05, 3.63) is 134 Å². The van der Waals surface area contributed by atoms with Crippen LogP contribution in [0.1, 0.15) is 32.7 Å². The fourth-order valence-corrected chi connectivity index (χ4v) is 6.56. The number of aromatic amines is 1. The number of aromatic nitrogens is 2. The van der Waals surface area contributed by atoms with Crippen molar-refractivity contribution in [2.24, 2.45) is 0 Å². The van der Waals surface area contributed by atoms with Crippen LogP contribution in [0.5, 0.6) is 0 Å². The summed E-state index contributed by atoms with van der Waals surface area (Å²) in [6, 6.07) is 27.0. The van der Waals surface area contributed by atoms with E-state index in [9.17, 15) is 14.9 Å². The average molecular weight is 668 g/mol. The summed E-state index contributed by atoms with van der Waals surface area (Å²) < 4.78 is 5.07. The number of carbonyl (C=O) groups is 2. The van der Waals surface area contributed by atoms with E-state index in [0.29, 0.717) is 39.0 Å². The van der Waals surface area contributed by atoms with Crippen molar-refractivity contribution in [2.75, 3.05) is 7.11 Å². The molecule has 0 bridgehead atoms. The van der Waals surface area contributed by atoms with E-state index in [2.05, 4.69) is 21.4 Å². The van der Waals surface area contributed by atoms with Gasteiger partial charge in [-0.05, 0) is 41.5 Å². The summed E-state index contributed by atoms with van der Waals surface area (Å²) in [5.41, 5.74) is 6.11. The molecule has 6 rings (SSSR count). The Morgan fingerprint density at radius 2 is 1.72 bits per heavy atom. The Labute approximate surface area is 279 Å². The predicted molar refractivity (Wildman–Crippen MR) is 181 cm³/mol. The first-order chi connectivity index (χ1) is 22.3. The maximum Gasteiger partial charge on any atom is 0.328 e. The van der Waals surface area contributed by atoms with Gasteiger partial charge in [-0.25, -0.2) is 4.79 Å². The second-order valence-electron chi connectivity index (χ2n) is 10.7. The van der Waals surface area contributed by atoms with Gasteiger partial charge in [-0.15, -0.1) is 0 Å².